The first-order chi connectivity index (χ1) is 8.02. The van der Waals surface area contributed by atoms with Crippen LogP contribution in [0.3, 0.4) is 0 Å². The number of nitrogens with two attached hydrogens (primary N) is 1. The van der Waals surface area contributed by atoms with Gasteiger partial charge in [-0.15, -0.1) is 11.8 Å². The van der Waals surface area contributed by atoms with E-state index < -0.39 is 0 Å². The number of nitrogens with one attached hydrogen (secondary N) is 1. The van der Waals surface area contributed by atoms with Gasteiger partial charge in [0.2, 0.25) is 5.91 Å². The van der Waals surface area contributed by atoms with E-state index in [0.29, 0.717) is 22.3 Å². The van der Waals surface area contributed by atoms with Gasteiger partial charge in [-0.3, -0.25) is 4.79 Å². The molecule has 0 heterocycles. The Kier molecular flexibility index (Phi) is 6.12. The molecule has 6 heteroatoms. The average molecular weight is 293 g/mol. The number of halogens is 2. The summed E-state index contributed by atoms with van der Waals surface area (Å²) in [7, 11) is 0. The summed E-state index contributed by atoms with van der Waals surface area (Å²) in [6.07, 6.45) is 0. The molecule has 1 atom stereocenters. The Labute approximate surface area is 115 Å². The summed E-state index contributed by atoms with van der Waals surface area (Å²) >= 11 is 13.4. The van der Waals surface area contributed by atoms with Gasteiger partial charge in [-0.2, -0.15) is 0 Å². The molecule has 17 heavy (non-hydrogen) atoms. The van der Waals surface area contributed by atoms with Crippen molar-refractivity contribution in [1.29, 1.82) is 0 Å². The molecule has 0 aliphatic heterocycles. The van der Waals surface area contributed by atoms with Crippen molar-refractivity contribution in [1.82, 2.24) is 5.32 Å². The van der Waals surface area contributed by atoms with Crippen LogP contribution < -0.4 is 11.1 Å². The van der Waals surface area contributed by atoms with Gasteiger partial charge in [0.15, 0.2) is 0 Å². The van der Waals surface area contributed by atoms with E-state index in [1.165, 1.54) is 18.7 Å². The van der Waals surface area contributed by atoms with E-state index in [0.717, 1.165) is 5.56 Å². The highest BCUT2D eigenvalue weighted by molar-refractivity contribution is 7.99. The Morgan fingerprint density at radius 2 is 2.24 bits per heavy atom. The van der Waals surface area contributed by atoms with Crippen LogP contribution in [0.25, 0.3) is 0 Å². The van der Waals surface area contributed by atoms with Crippen molar-refractivity contribution in [3.63, 3.8) is 0 Å². The second kappa shape index (κ2) is 7.11. The summed E-state index contributed by atoms with van der Waals surface area (Å²) in [6.45, 7) is 1.86. The SMILES string of the molecule is CC(=O)NC(CN)SCc1ccc(Cl)cc1Cl. The third-order valence-corrected chi connectivity index (χ3v) is 3.81. The summed E-state index contributed by atoms with van der Waals surface area (Å²) in [4.78, 5) is 10.9. The summed E-state index contributed by atoms with van der Waals surface area (Å²) < 4.78 is 0. The smallest absolute Gasteiger partial charge is 0.217 e. The Hall–Kier alpha value is -0.420. The van der Waals surface area contributed by atoms with Crippen LogP contribution in [0.4, 0.5) is 0 Å². The minimum absolute atomic E-state index is 0.0878. The molecule has 0 spiro atoms. The van der Waals surface area contributed by atoms with Crippen LogP contribution in [0.15, 0.2) is 18.2 Å². The zero-order chi connectivity index (χ0) is 12.8. The van der Waals surface area contributed by atoms with E-state index in [4.69, 9.17) is 28.9 Å². The fourth-order valence-corrected chi connectivity index (χ4v) is 2.80. The van der Waals surface area contributed by atoms with Gasteiger partial charge >= 0.3 is 0 Å². The lowest BCUT2D eigenvalue weighted by Gasteiger charge is -2.15. The molecule has 0 aliphatic rings. The lowest BCUT2D eigenvalue weighted by atomic mass is 10.2. The van der Waals surface area contributed by atoms with Gasteiger partial charge in [0.25, 0.3) is 0 Å². The minimum Gasteiger partial charge on any atom is -0.343 e. The van der Waals surface area contributed by atoms with E-state index in [-0.39, 0.29) is 11.3 Å². The molecule has 0 aliphatic carbocycles. The first-order valence-corrected chi connectivity index (χ1v) is 6.86. The third-order valence-electron chi connectivity index (χ3n) is 2.03. The van der Waals surface area contributed by atoms with Crippen molar-refractivity contribution in [2.45, 2.75) is 18.1 Å². The molecule has 0 aromatic heterocycles. The highest BCUT2D eigenvalue weighted by atomic mass is 35.5. The number of rotatable bonds is 5. The van der Waals surface area contributed by atoms with E-state index in [1.807, 2.05) is 6.07 Å². The van der Waals surface area contributed by atoms with Crippen molar-refractivity contribution < 1.29 is 4.79 Å². The molecule has 0 bridgehead atoms. The first kappa shape index (κ1) is 14.6. The number of carbonyl (C=O) groups excluding carboxylic acids is 1. The van der Waals surface area contributed by atoms with Gasteiger partial charge in [0.05, 0.1) is 5.37 Å². The highest BCUT2D eigenvalue weighted by Crippen LogP contribution is 2.25. The lowest BCUT2D eigenvalue weighted by molar-refractivity contribution is -0.119. The van der Waals surface area contributed by atoms with Crippen LogP contribution in [-0.2, 0) is 10.5 Å². The van der Waals surface area contributed by atoms with Gasteiger partial charge in [-0.1, -0.05) is 29.3 Å². The largest absolute Gasteiger partial charge is 0.343 e. The number of carbonyl (C=O) groups is 1. The average Bonchev–Trinajstić information content (AvgIpc) is 2.25. The van der Waals surface area contributed by atoms with Gasteiger partial charge in [0, 0.05) is 29.3 Å². The zero-order valence-corrected chi connectivity index (χ0v) is 11.7. The first-order valence-electron chi connectivity index (χ1n) is 5.05. The van der Waals surface area contributed by atoms with Gasteiger partial charge < -0.3 is 11.1 Å². The van der Waals surface area contributed by atoms with Gasteiger partial charge in [0.1, 0.15) is 0 Å². The molecule has 3 nitrogen and oxygen atoms in total. The number of hydrogen-bond donors (Lipinski definition) is 2. The van der Waals surface area contributed by atoms with Crippen LogP contribution in [0, 0.1) is 0 Å². The normalized spacial score (nSPS) is 12.2. The van der Waals surface area contributed by atoms with Crippen LogP contribution in [0.2, 0.25) is 10.0 Å². The van der Waals surface area contributed by atoms with E-state index in [9.17, 15) is 4.79 Å². The molecule has 3 N–H and O–H groups in total. The molecular formula is C11H14Cl2N2OS. The fourth-order valence-electron chi connectivity index (χ4n) is 1.22. The van der Waals surface area contributed by atoms with Crippen molar-refractivity contribution in [3.05, 3.63) is 33.8 Å². The van der Waals surface area contributed by atoms with Gasteiger partial charge in [-0.05, 0) is 17.7 Å². The van der Waals surface area contributed by atoms with Crippen molar-refractivity contribution >= 4 is 40.9 Å². The molecule has 0 fully saturated rings. The molecule has 1 aromatic rings. The predicted molar refractivity (Wildman–Crippen MR) is 74.4 cm³/mol. The monoisotopic (exact) mass is 292 g/mol. The molecule has 94 valence electrons. The van der Waals surface area contributed by atoms with E-state index >= 15 is 0 Å². The second-order valence-electron chi connectivity index (χ2n) is 3.47. The molecule has 1 amide bonds. The van der Waals surface area contributed by atoms with E-state index in [1.54, 1.807) is 12.1 Å². The van der Waals surface area contributed by atoms with Crippen LogP contribution in [0.1, 0.15) is 12.5 Å². The summed E-state index contributed by atoms with van der Waals surface area (Å²) in [5.74, 6) is 0.591. The Bertz CT molecular complexity index is 401. The number of benzene rings is 1. The maximum absolute atomic E-state index is 10.9. The standard InChI is InChI=1S/C11H14Cl2N2OS/c1-7(16)15-11(5-14)17-6-8-2-3-9(12)4-10(8)13/h2-4,11H,5-6,14H2,1H3,(H,15,16). The molecule has 0 radical (unpaired) electrons. The Morgan fingerprint density at radius 3 is 2.76 bits per heavy atom. The summed E-state index contributed by atoms with van der Waals surface area (Å²) in [6, 6.07) is 5.37. The Morgan fingerprint density at radius 1 is 1.53 bits per heavy atom. The lowest BCUT2D eigenvalue weighted by Crippen LogP contribution is -2.36. The van der Waals surface area contributed by atoms with Crippen LogP contribution in [-0.4, -0.2) is 17.8 Å². The maximum Gasteiger partial charge on any atom is 0.217 e. The zero-order valence-electron chi connectivity index (χ0n) is 9.37. The molecule has 0 saturated heterocycles. The molecule has 1 rings (SSSR count). The number of thioether (sulfide) groups is 1. The quantitative estimate of drug-likeness (QED) is 0.821. The van der Waals surface area contributed by atoms with Crippen molar-refractivity contribution in [3.8, 4) is 0 Å². The number of amides is 1. The maximum atomic E-state index is 10.9. The molecule has 1 aromatic carbocycles. The third kappa shape index (κ3) is 5.17. The second-order valence-corrected chi connectivity index (χ2v) is 5.51. The topological polar surface area (TPSA) is 55.1 Å². The highest BCUT2D eigenvalue weighted by Gasteiger charge is 2.09. The van der Waals surface area contributed by atoms with E-state index in [2.05, 4.69) is 5.32 Å². The van der Waals surface area contributed by atoms with Crippen molar-refractivity contribution in [2.24, 2.45) is 5.73 Å². The van der Waals surface area contributed by atoms with Gasteiger partial charge in [-0.25, -0.2) is 0 Å². The Balaban J connectivity index is 2.56. The van der Waals surface area contributed by atoms with Crippen molar-refractivity contribution in [2.75, 3.05) is 6.54 Å². The molecule has 1 unspecified atom stereocenters. The number of hydrogen-bond acceptors (Lipinski definition) is 3. The van der Waals surface area contributed by atoms with Crippen LogP contribution >= 0.6 is 35.0 Å². The summed E-state index contributed by atoms with van der Waals surface area (Å²) in [5.41, 5.74) is 6.53. The van der Waals surface area contributed by atoms with Crippen LogP contribution in [0.5, 0.6) is 0 Å². The molecular weight excluding hydrogens is 279 g/mol. The minimum atomic E-state index is -0.0979. The molecule has 0 saturated carbocycles. The fraction of sp³-hybridized carbons (Fsp3) is 0.364. The predicted octanol–water partition coefficient (Wildman–Crippen LogP) is 2.65. The summed E-state index contributed by atoms with van der Waals surface area (Å²) in [5, 5.41) is 3.90.